The highest BCUT2D eigenvalue weighted by atomic mass is 35.5. The summed E-state index contributed by atoms with van der Waals surface area (Å²) in [6.07, 6.45) is 0.932. The Morgan fingerprint density at radius 3 is 2.70 bits per heavy atom. The van der Waals surface area contributed by atoms with E-state index in [1.165, 1.54) is 18.2 Å². The number of hydrogen-bond acceptors (Lipinski definition) is 1. The summed E-state index contributed by atoms with van der Waals surface area (Å²) in [6, 6.07) is 4.09. The first kappa shape index (κ1) is 7.22. The first-order valence-electron chi connectivity index (χ1n) is 2.69. The molecule has 0 spiro atoms. The average Bonchev–Trinajstić information content (AvgIpc) is 1.94. The highest BCUT2D eigenvalue weighted by Gasteiger charge is 1.97. The molecule has 1 nitrogen and oxygen atoms in total. The van der Waals surface area contributed by atoms with Gasteiger partial charge in [-0.05, 0) is 18.2 Å². The second-order valence-corrected chi connectivity index (χ2v) is 2.25. The summed E-state index contributed by atoms with van der Waals surface area (Å²) in [6.45, 7) is 0. The molecule has 0 aliphatic carbocycles. The van der Waals surface area contributed by atoms with Crippen molar-refractivity contribution in [3.63, 3.8) is 0 Å². The van der Waals surface area contributed by atoms with Crippen LogP contribution in [0, 0.1) is 11.2 Å². The first-order valence-corrected chi connectivity index (χ1v) is 3.07. The Hall–Kier alpha value is -0.890. The summed E-state index contributed by atoms with van der Waals surface area (Å²) in [5.74, 6) is -0.417. The van der Waals surface area contributed by atoms with Crippen LogP contribution in [0.3, 0.4) is 0 Å². The third-order valence-electron chi connectivity index (χ3n) is 1.11. The molecule has 0 heterocycles. The third-order valence-corrected chi connectivity index (χ3v) is 1.35. The predicted octanol–water partition coefficient (Wildman–Crippen LogP) is 2.48. The summed E-state index contributed by atoms with van der Waals surface area (Å²) < 4.78 is 12.6. The molecule has 0 aromatic heterocycles. The molecule has 1 aromatic rings. The fourth-order valence-electron chi connectivity index (χ4n) is 0.625. The molecule has 0 fully saturated rings. The second-order valence-electron chi connectivity index (χ2n) is 1.81. The van der Waals surface area contributed by atoms with Crippen LogP contribution in [0.1, 0.15) is 5.56 Å². The molecule has 1 aromatic carbocycles. The molecule has 1 N–H and O–H groups in total. The fourth-order valence-corrected chi connectivity index (χ4v) is 0.806. The van der Waals surface area contributed by atoms with Crippen LogP contribution >= 0.6 is 11.6 Å². The fraction of sp³-hybridized carbons (Fsp3) is 0. The van der Waals surface area contributed by atoms with Crippen molar-refractivity contribution in [3.8, 4) is 0 Å². The van der Waals surface area contributed by atoms with E-state index in [9.17, 15) is 4.39 Å². The lowest BCUT2D eigenvalue weighted by atomic mass is 10.2. The van der Waals surface area contributed by atoms with Gasteiger partial charge in [-0.1, -0.05) is 11.6 Å². The Balaban J connectivity index is 3.21. The maximum Gasteiger partial charge on any atom is 0.132 e. The normalized spacial score (nSPS) is 9.40. The molecule has 0 radical (unpaired) electrons. The Labute approximate surface area is 63.0 Å². The van der Waals surface area contributed by atoms with Gasteiger partial charge in [0.15, 0.2) is 0 Å². The van der Waals surface area contributed by atoms with Gasteiger partial charge in [0, 0.05) is 16.8 Å². The van der Waals surface area contributed by atoms with Crippen molar-refractivity contribution in [2.45, 2.75) is 0 Å². The SMILES string of the molecule is N=Cc1cc(Cl)ccc1F. The lowest BCUT2D eigenvalue weighted by Gasteiger charge is -1.94. The first-order chi connectivity index (χ1) is 4.74. The minimum Gasteiger partial charge on any atom is -0.308 e. The molecule has 0 amide bonds. The second kappa shape index (κ2) is 2.80. The molecular formula is C7H5ClFN. The highest BCUT2D eigenvalue weighted by Crippen LogP contribution is 2.12. The van der Waals surface area contributed by atoms with E-state index in [0.29, 0.717) is 5.02 Å². The van der Waals surface area contributed by atoms with Crippen molar-refractivity contribution < 1.29 is 4.39 Å². The molecule has 0 atom stereocenters. The van der Waals surface area contributed by atoms with Crippen molar-refractivity contribution >= 4 is 17.8 Å². The van der Waals surface area contributed by atoms with Crippen molar-refractivity contribution in [3.05, 3.63) is 34.6 Å². The minimum absolute atomic E-state index is 0.215. The van der Waals surface area contributed by atoms with E-state index in [-0.39, 0.29) is 5.56 Å². The van der Waals surface area contributed by atoms with E-state index in [4.69, 9.17) is 17.0 Å². The largest absolute Gasteiger partial charge is 0.308 e. The Bertz CT molecular complexity index is 260. The van der Waals surface area contributed by atoms with Gasteiger partial charge in [0.25, 0.3) is 0 Å². The van der Waals surface area contributed by atoms with Gasteiger partial charge in [-0.3, -0.25) is 0 Å². The number of halogens is 2. The van der Waals surface area contributed by atoms with Crippen LogP contribution in [-0.4, -0.2) is 6.21 Å². The summed E-state index contributed by atoms with van der Waals surface area (Å²) in [5.41, 5.74) is 0.215. The molecule has 52 valence electrons. The maximum absolute atomic E-state index is 12.6. The standard InChI is InChI=1S/C7H5ClFN/c8-6-1-2-7(9)5(3-6)4-10/h1-4,10H. The average molecular weight is 158 g/mol. The third kappa shape index (κ3) is 1.33. The summed E-state index contributed by atoms with van der Waals surface area (Å²) in [5, 5.41) is 7.20. The zero-order valence-electron chi connectivity index (χ0n) is 5.07. The quantitative estimate of drug-likeness (QED) is 0.606. The Morgan fingerprint density at radius 2 is 2.20 bits per heavy atom. The van der Waals surface area contributed by atoms with Crippen LogP contribution in [0.2, 0.25) is 5.02 Å². The molecule has 1 rings (SSSR count). The lowest BCUT2D eigenvalue weighted by Crippen LogP contribution is -1.85. The lowest BCUT2D eigenvalue weighted by molar-refractivity contribution is 0.626. The molecule has 10 heavy (non-hydrogen) atoms. The van der Waals surface area contributed by atoms with Gasteiger partial charge in [0.05, 0.1) is 0 Å². The molecule has 0 saturated heterocycles. The summed E-state index contributed by atoms with van der Waals surface area (Å²) in [4.78, 5) is 0. The van der Waals surface area contributed by atoms with Crippen molar-refractivity contribution in [2.24, 2.45) is 0 Å². The zero-order valence-corrected chi connectivity index (χ0v) is 5.82. The van der Waals surface area contributed by atoms with Crippen molar-refractivity contribution in [2.75, 3.05) is 0 Å². The van der Waals surface area contributed by atoms with E-state index in [1.54, 1.807) is 0 Å². The van der Waals surface area contributed by atoms with Crippen LogP contribution in [0.4, 0.5) is 4.39 Å². The van der Waals surface area contributed by atoms with Crippen LogP contribution in [-0.2, 0) is 0 Å². The van der Waals surface area contributed by atoms with Crippen molar-refractivity contribution in [1.29, 1.82) is 5.41 Å². The van der Waals surface area contributed by atoms with E-state index in [2.05, 4.69) is 0 Å². The number of benzene rings is 1. The molecule has 0 bridgehead atoms. The monoisotopic (exact) mass is 157 g/mol. The Morgan fingerprint density at radius 1 is 1.50 bits per heavy atom. The van der Waals surface area contributed by atoms with Gasteiger partial charge < -0.3 is 5.41 Å². The molecule has 0 aliphatic heterocycles. The number of nitrogens with one attached hydrogen (secondary N) is 1. The summed E-state index contributed by atoms with van der Waals surface area (Å²) >= 11 is 5.53. The van der Waals surface area contributed by atoms with Crippen LogP contribution < -0.4 is 0 Å². The predicted molar refractivity (Wildman–Crippen MR) is 39.3 cm³/mol. The van der Waals surface area contributed by atoms with E-state index >= 15 is 0 Å². The molecule has 0 unspecified atom stereocenters. The molecule has 0 aliphatic rings. The number of rotatable bonds is 1. The molecule has 3 heteroatoms. The maximum atomic E-state index is 12.6. The number of hydrogen-bond donors (Lipinski definition) is 1. The Kier molecular flexibility index (Phi) is 2.02. The van der Waals surface area contributed by atoms with Gasteiger partial charge in [-0.25, -0.2) is 4.39 Å². The highest BCUT2D eigenvalue weighted by molar-refractivity contribution is 6.30. The van der Waals surface area contributed by atoms with E-state index in [1.807, 2.05) is 0 Å². The minimum atomic E-state index is -0.417. The molecular weight excluding hydrogens is 153 g/mol. The smallest absolute Gasteiger partial charge is 0.132 e. The van der Waals surface area contributed by atoms with Gasteiger partial charge in [-0.2, -0.15) is 0 Å². The van der Waals surface area contributed by atoms with E-state index < -0.39 is 5.82 Å². The van der Waals surface area contributed by atoms with Crippen LogP contribution in [0.5, 0.6) is 0 Å². The summed E-state index contributed by atoms with van der Waals surface area (Å²) in [7, 11) is 0. The van der Waals surface area contributed by atoms with Gasteiger partial charge >= 0.3 is 0 Å². The van der Waals surface area contributed by atoms with Gasteiger partial charge in [0.1, 0.15) is 5.82 Å². The van der Waals surface area contributed by atoms with E-state index in [0.717, 1.165) is 6.21 Å². The molecule has 0 saturated carbocycles. The van der Waals surface area contributed by atoms with Crippen LogP contribution in [0.15, 0.2) is 18.2 Å². The zero-order chi connectivity index (χ0) is 7.56. The van der Waals surface area contributed by atoms with Gasteiger partial charge in [0.2, 0.25) is 0 Å². The van der Waals surface area contributed by atoms with Crippen LogP contribution in [0.25, 0.3) is 0 Å². The van der Waals surface area contributed by atoms with Gasteiger partial charge in [-0.15, -0.1) is 0 Å². The van der Waals surface area contributed by atoms with Crippen molar-refractivity contribution in [1.82, 2.24) is 0 Å². The topological polar surface area (TPSA) is 23.9 Å².